The van der Waals surface area contributed by atoms with Gasteiger partial charge in [-0.15, -0.1) is 6.42 Å². The summed E-state index contributed by atoms with van der Waals surface area (Å²) >= 11 is 0. The van der Waals surface area contributed by atoms with E-state index in [9.17, 15) is 0 Å². The number of methoxy groups -OCH3 is 1. The molecular weight excluding hydrogens is 112 g/mol. The molecule has 52 valence electrons. The maximum absolute atomic E-state index is 5.26. The molecule has 0 aromatic carbocycles. The van der Waals surface area contributed by atoms with Crippen molar-refractivity contribution in [2.75, 3.05) is 7.11 Å². The van der Waals surface area contributed by atoms with Gasteiger partial charge < -0.3 is 4.74 Å². The van der Waals surface area contributed by atoms with Gasteiger partial charge in [0.05, 0.1) is 0 Å². The van der Waals surface area contributed by atoms with Crippen LogP contribution in [0.1, 0.15) is 26.7 Å². The lowest BCUT2D eigenvalue weighted by Gasteiger charge is -2.22. The Morgan fingerprint density at radius 3 is 1.89 bits per heavy atom. The lowest BCUT2D eigenvalue weighted by molar-refractivity contribution is 0.0347. The van der Waals surface area contributed by atoms with Crippen molar-refractivity contribution in [3.05, 3.63) is 0 Å². The van der Waals surface area contributed by atoms with Crippen LogP contribution in [0.25, 0.3) is 0 Å². The van der Waals surface area contributed by atoms with Crippen LogP contribution in [0.15, 0.2) is 0 Å². The van der Waals surface area contributed by atoms with Crippen LogP contribution in [0.5, 0.6) is 0 Å². The lowest BCUT2D eigenvalue weighted by Crippen LogP contribution is -2.26. The van der Waals surface area contributed by atoms with Gasteiger partial charge >= 0.3 is 0 Å². The molecule has 0 aliphatic rings. The molecule has 0 aliphatic heterocycles. The highest BCUT2D eigenvalue weighted by molar-refractivity contribution is 5.06. The zero-order valence-corrected chi connectivity index (χ0v) is 6.40. The SMILES string of the molecule is C#CC(CC)(CC)OC. The Kier molecular flexibility index (Phi) is 3.34. The summed E-state index contributed by atoms with van der Waals surface area (Å²) in [5, 5.41) is 0. The molecule has 0 spiro atoms. The highest BCUT2D eigenvalue weighted by Gasteiger charge is 2.20. The fourth-order valence-electron chi connectivity index (χ4n) is 0.802. The van der Waals surface area contributed by atoms with Gasteiger partial charge in [0, 0.05) is 7.11 Å². The van der Waals surface area contributed by atoms with E-state index in [2.05, 4.69) is 5.92 Å². The van der Waals surface area contributed by atoms with Crippen LogP contribution in [-0.2, 0) is 4.74 Å². The topological polar surface area (TPSA) is 9.23 Å². The maximum atomic E-state index is 5.26. The number of ether oxygens (including phenoxy) is 1. The molecule has 0 atom stereocenters. The average molecular weight is 126 g/mol. The largest absolute Gasteiger partial charge is 0.366 e. The Morgan fingerprint density at radius 2 is 1.89 bits per heavy atom. The summed E-state index contributed by atoms with van der Waals surface area (Å²) in [6.45, 7) is 4.07. The van der Waals surface area contributed by atoms with Crippen LogP contribution in [-0.4, -0.2) is 12.7 Å². The van der Waals surface area contributed by atoms with Crippen molar-refractivity contribution in [3.63, 3.8) is 0 Å². The third-order valence-corrected chi connectivity index (χ3v) is 1.80. The van der Waals surface area contributed by atoms with Crippen LogP contribution in [0.2, 0.25) is 0 Å². The first kappa shape index (κ1) is 8.52. The smallest absolute Gasteiger partial charge is 0.127 e. The Morgan fingerprint density at radius 1 is 1.44 bits per heavy atom. The van der Waals surface area contributed by atoms with Crippen LogP contribution in [0, 0.1) is 12.3 Å². The predicted octanol–water partition coefficient (Wildman–Crippen LogP) is 1.82. The van der Waals surface area contributed by atoms with Gasteiger partial charge in [-0.3, -0.25) is 0 Å². The minimum atomic E-state index is -0.306. The van der Waals surface area contributed by atoms with E-state index in [0.717, 1.165) is 12.8 Å². The van der Waals surface area contributed by atoms with Crippen molar-refractivity contribution in [1.82, 2.24) is 0 Å². The molecule has 0 heterocycles. The molecular formula is C8H14O. The quantitative estimate of drug-likeness (QED) is 0.524. The number of hydrogen-bond donors (Lipinski definition) is 0. The highest BCUT2D eigenvalue weighted by atomic mass is 16.5. The fourth-order valence-corrected chi connectivity index (χ4v) is 0.802. The molecule has 0 saturated carbocycles. The summed E-state index contributed by atoms with van der Waals surface area (Å²) in [6.07, 6.45) is 7.04. The standard InChI is InChI=1S/C8H14O/c1-5-8(6-2,7-3)9-4/h1H,6-7H2,2-4H3. The van der Waals surface area contributed by atoms with Crippen LogP contribution < -0.4 is 0 Å². The Bertz CT molecular complexity index is 98.0. The zero-order chi connectivity index (χ0) is 7.33. The molecule has 1 nitrogen and oxygen atoms in total. The summed E-state index contributed by atoms with van der Waals surface area (Å²) in [7, 11) is 1.66. The molecule has 0 saturated heterocycles. The molecule has 0 amide bonds. The summed E-state index contributed by atoms with van der Waals surface area (Å²) in [6, 6.07) is 0. The fraction of sp³-hybridized carbons (Fsp3) is 0.750. The number of hydrogen-bond acceptors (Lipinski definition) is 1. The van der Waals surface area contributed by atoms with E-state index in [1.54, 1.807) is 7.11 Å². The zero-order valence-electron chi connectivity index (χ0n) is 6.40. The molecule has 0 N–H and O–H groups in total. The second-order valence-electron chi connectivity index (χ2n) is 2.05. The average Bonchev–Trinajstić information content (AvgIpc) is 1.95. The first-order valence-corrected chi connectivity index (χ1v) is 3.27. The minimum absolute atomic E-state index is 0.306. The van der Waals surface area contributed by atoms with E-state index in [1.165, 1.54) is 0 Å². The van der Waals surface area contributed by atoms with Crippen molar-refractivity contribution in [1.29, 1.82) is 0 Å². The molecule has 9 heavy (non-hydrogen) atoms. The predicted molar refractivity (Wildman–Crippen MR) is 39.2 cm³/mol. The van der Waals surface area contributed by atoms with Gasteiger partial charge in [0.25, 0.3) is 0 Å². The molecule has 1 heteroatoms. The Hall–Kier alpha value is -0.480. The van der Waals surface area contributed by atoms with Crippen LogP contribution in [0.3, 0.4) is 0 Å². The van der Waals surface area contributed by atoms with E-state index in [-0.39, 0.29) is 5.60 Å². The van der Waals surface area contributed by atoms with Gasteiger partial charge in [0.1, 0.15) is 5.60 Å². The summed E-state index contributed by atoms with van der Waals surface area (Å²) in [4.78, 5) is 0. The van der Waals surface area contributed by atoms with E-state index in [1.807, 2.05) is 13.8 Å². The number of terminal acetylenes is 1. The van der Waals surface area contributed by atoms with Crippen molar-refractivity contribution < 1.29 is 4.74 Å². The first-order valence-electron chi connectivity index (χ1n) is 3.27. The first-order chi connectivity index (χ1) is 4.24. The molecule has 0 aliphatic carbocycles. The second kappa shape index (κ2) is 3.53. The lowest BCUT2D eigenvalue weighted by atomic mass is 9.99. The maximum Gasteiger partial charge on any atom is 0.127 e. The minimum Gasteiger partial charge on any atom is -0.366 e. The van der Waals surface area contributed by atoms with Crippen LogP contribution >= 0.6 is 0 Å². The highest BCUT2D eigenvalue weighted by Crippen LogP contribution is 2.17. The molecule has 0 bridgehead atoms. The van der Waals surface area contributed by atoms with Crippen molar-refractivity contribution >= 4 is 0 Å². The summed E-state index contributed by atoms with van der Waals surface area (Å²) < 4.78 is 5.15. The van der Waals surface area contributed by atoms with Crippen LogP contribution in [0.4, 0.5) is 0 Å². The summed E-state index contributed by atoms with van der Waals surface area (Å²) in [5.74, 6) is 2.64. The van der Waals surface area contributed by atoms with Crippen molar-refractivity contribution in [2.24, 2.45) is 0 Å². The third kappa shape index (κ3) is 1.73. The molecule has 0 unspecified atom stereocenters. The molecule has 0 fully saturated rings. The van der Waals surface area contributed by atoms with E-state index in [0.29, 0.717) is 0 Å². The normalized spacial score (nSPS) is 10.9. The van der Waals surface area contributed by atoms with Crippen molar-refractivity contribution in [2.45, 2.75) is 32.3 Å². The van der Waals surface area contributed by atoms with E-state index >= 15 is 0 Å². The summed E-state index contributed by atoms with van der Waals surface area (Å²) in [5.41, 5.74) is -0.306. The van der Waals surface area contributed by atoms with Gasteiger partial charge in [-0.05, 0) is 12.8 Å². The van der Waals surface area contributed by atoms with E-state index < -0.39 is 0 Å². The Labute approximate surface area is 57.4 Å². The van der Waals surface area contributed by atoms with Crippen molar-refractivity contribution in [3.8, 4) is 12.3 Å². The molecule has 0 aromatic rings. The van der Waals surface area contributed by atoms with Gasteiger partial charge in [0.15, 0.2) is 0 Å². The van der Waals surface area contributed by atoms with E-state index in [4.69, 9.17) is 11.2 Å². The Balaban J connectivity index is 4.04. The second-order valence-corrected chi connectivity index (χ2v) is 2.05. The number of rotatable bonds is 3. The van der Waals surface area contributed by atoms with Gasteiger partial charge in [-0.1, -0.05) is 19.8 Å². The van der Waals surface area contributed by atoms with Gasteiger partial charge in [-0.2, -0.15) is 0 Å². The van der Waals surface area contributed by atoms with Gasteiger partial charge in [0.2, 0.25) is 0 Å². The molecule has 0 radical (unpaired) electrons. The molecule has 0 aromatic heterocycles. The van der Waals surface area contributed by atoms with Gasteiger partial charge in [-0.25, -0.2) is 0 Å². The monoisotopic (exact) mass is 126 g/mol. The molecule has 0 rings (SSSR count). The third-order valence-electron chi connectivity index (χ3n) is 1.80.